The topological polar surface area (TPSA) is 98.5 Å². The molecule has 3 aromatic carbocycles. The number of amides is 1. The van der Waals surface area contributed by atoms with Gasteiger partial charge in [-0.05, 0) is 25.1 Å². The minimum Gasteiger partial charge on any atom is -0.444 e. The molecule has 0 aliphatic rings. The van der Waals surface area contributed by atoms with Gasteiger partial charge in [-0.25, -0.2) is 4.79 Å². The molecular formula is C22H18N2O5. The molecule has 0 saturated carbocycles. The maximum Gasteiger partial charge on any atom is 0.339 e. The van der Waals surface area contributed by atoms with Crippen molar-refractivity contribution in [2.75, 3.05) is 5.32 Å². The van der Waals surface area contributed by atoms with Crippen molar-refractivity contribution in [2.45, 2.75) is 13.0 Å². The van der Waals surface area contributed by atoms with Crippen molar-refractivity contribution in [1.29, 1.82) is 0 Å². The number of nitro groups is 1. The zero-order chi connectivity index (χ0) is 20.8. The van der Waals surface area contributed by atoms with E-state index in [-0.39, 0.29) is 11.3 Å². The van der Waals surface area contributed by atoms with E-state index in [1.807, 2.05) is 19.1 Å². The SMILES string of the molecule is Cc1ccc(NC(=O)[C@@H](OC(=O)c2cccc([N+](=O)[O-])c2)c2ccccc2)cc1. The highest BCUT2D eigenvalue weighted by atomic mass is 16.6. The summed E-state index contributed by atoms with van der Waals surface area (Å²) < 4.78 is 5.44. The molecule has 0 fully saturated rings. The summed E-state index contributed by atoms with van der Waals surface area (Å²) in [5.41, 5.74) is 1.84. The number of ether oxygens (including phenoxy) is 1. The number of non-ortho nitro benzene ring substituents is 1. The zero-order valence-electron chi connectivity index (χ0n) is 15.6. The predicted octanol–water partition coefficient (Wildman–Crippen LogP) is 4.44. The third kappa shape index (κ3) is 5.04. The van der Waals surface area contributed by atoms with Gasteiger partial charge in [-0.3, -0.25) is 14.9 Å². The van der Waals surface area contributed by atoms with Crippen LogP contribution < -0.4 is 5.32 Å². The van der Waals surface area contributed by atoms with Crippen LogP contribution in [0.15, 0.2) is 78.9 Å². The summed E-state index contributed by atoms with van der Waals surface area (Å²) in [5.74, 6) is -1.36. The molecule has 1 N–H and O–H groups in total. The number of nitrogens with one attached hydrogen (secondary N) is 1. The highest BCUT2D eigenvalue weighted by Gasteiger charge is 2.26. The van der Waals surface area contributed by atoms with Gasteiger partial charge in [0, 0.05) is 23.4 Å². The molecule has 1 amide bonds. The second-order valence-corrected chi connectivity index (χ2v) is 6.36. The lowest BCUT2D eigenvalue weighted by Crippen LogP contribution is -2.26. The van der Waals surface area contributed by atoms with E-state index in [0.717, 1.165) is 11.6 Å². The molecule has 7 nitrogen and oxygen atoms in total. The zero-order valence-corrected chi connectivity index (χ0v) is 15.6. The monoisotopic (exact) mass is 390 g/mol. The van der Waals surface area contributed by atoms with E-state index in [9.17, 15) is 19.7 Å². The first kappa shape index (κ1) is 19.8. The Labute approximate surface area is 167 Å². The van der Waals surface area contributed by atoms with E-state index in [1.54, 1.807) is 42.5 Å². The van der Waals surface area contributed by atoms with Crippen LogP contribution in [-0.2, 0) is 9.53 Å². The lowest BCUT2D eigenvalue weighted by Gasteiger charge is -2.18. The van der Waals surface area contributed by atoms with Crippen LogP contribution in [0.3, 0.4) is 0 Å². The van der Waals surface area contributed by atoms with Gasteiger partial charge in [-0.2, -0.15) is 0 Å². The van der Waals surface area contributed by atoms with E-state index in [4.69, 9.17) is 4.74 Å². The average molecular weight is 390 g/mol. The lowest BCUT2D eigenvalue weighted by molar-refractivity contribution is -0.384. The Hall–Kier alpha value is -4.00. The van der Waals surface area contributed by atoms with E-state index in [1.165, 1.54) is 18.2 Å². The fourth-order valence-electron chi connectivity index (χ4n) is 2.67. The third-order valence-electron chi connectivity index (χ3n) is 4.18. The molecule has 0 aliphatic heterocycles. The van der Waals surface area contributed by atoms with Crippen molar-refractivity contribution < 1.29 is 19.2 Å². The van der Waals surface area contributed by atoms with E-state index < -0.39 is 22.9 Å². The van der Waals surface area contributed by atoms with Crippen LogP contribution >= 0.6 is 0 Å². The summed E-state index contributed by atoms with van der Waals surface area (Å²) in [7, 11) is 0. The Balaban J connectivity index is 1.85. The number of nitrogens with zero attached hydrogens (tertiary/aromatic N) is 1. The van der Waals surface area contributed by atoms with Gasteiger partial charge in [0.25, 0.3) is 11.6 Å². The van der Waals surface area contributed by atoms with Gasteiger partial charge in [0.2, 0.25) is 6.10 Å². The fourth-order valence-corrected chi connectivity index (χ4v) is 2.67. The van der Waals surface area contributed by atoms with E-state index in [0.29, 0.717) is 11.3 Å². The number of hydrogen-bond acceptors (Lipinski definition) is 5. The van der Waals surface area contributed by atoms with Gasteiger partial charge >= 0.3 is 5.97 Å². The molecule has 0 spiro atoms. The summed E-state index contributed by atoms with van der Waals surface area (Å²) in [6.45, 7) is 1.93. The van der Waals surface area contributed by atoms with Crippen molar-refractivity contribution in [3.63, 3.8) is 0 Å². The Morgan fingerprint density at radius 2 is 1.66 bits per heavy atom. The molecule has 0 bridgehead atoms. The molecular weight excluding hydrogens is 372 g/mol. The molecule has 0 aromatic heterocycles. The Bertz CT molecular complexity index is 1030. The number of carbonyl (C=O) groups is 2. The normalized spacial score (nSPS) is 11.3. The van der Waals surface area contributed by atoms with Gasteiger partial charge < -0.3 is 10.1 Å². The maximum absolute atomic E-state index is 12.8. The van der Waals surface area contributed by atoms with Crippen LogP contribution in [0.2, 0.25) is 0 Å². The molecule has 1 atom stereocenters. The van der Waals surface area contributed by atoms with E-state index in [2.05, 4.69) is 5.32 Å². The number of nitro benzene ring substituents is 1. The van der Waals surface area contributed by atoms with Gasteiger partial charge in [-0.1, -0.05) is 54.1 Å². The van der Waals surface area contributed by atoms with Crippen molar-refractivity contribution in [3.05, 3.63) is 106 Å². The molecule has 3 rings (SSSR count). The molecule has 0 saturated heterocycles. The highest BCUT2D eigenvalue weighted by molar-refractivity contribution is 5.98. The Morgan fingerprint density at radius 1 is 0.966 bits per heavy atom. The number of aryl methyl sites for hydroxylation is 1. The molecule has 0 heterocycles. The number of benzene rings is 3. The number of hydrogen-bond donors (Lipinski definition) is 1. The molecule has 0 radical (unpaired) electrons. The average Bonchev–Trinajstić information content (AvgIpc) is 2.74. The second-order valence-electron chi connectivity index (χ2n) is 6.36. The third-order valence-corrected chi connectivity index (χ3v) is 4.18. The van der Waals surface area contributed by atoms with Crippen molar-refractivity contribution >= 4 is 23.3 Å². The highest BCUT2D eigenvalue weighted by Crippen LogP contribution is 2.23. The number of rotatable bonds is 6. The molecule has 146 valence electrons. The summed E-state index contributed by atoms with van der Waals surface area (Å²) in [6, 6.07) is 20.9. The minimum absolute atomic E-state index is 0.0109. The maximum atomic E-state index is 12.8. The largest absolute Gasteiger partial charge is 0.444 e. The Morgan fingerprint density at radius 3 is 2.31 bits per heavy atom. The Kier molecular flexibility index (Phi) is 5.99. The van der Waals surface area contributed by atoms with Crippen molar-refractivity contribution in [3.8, 4) is 0 Å². The quantitative estimate of drug-likeness (QED) is 0.381. The smallest absolute Gasteiger partial charge is 0.339 e. The standard InChI is InChI=1S/C22H18N2O5/c1-15-10-12-18(13-11-15)23-21(25)20(16-6-3-2-4-7-16)29-22(26)17-8-5-9-19(14-17)24(27)28/h2-14,20H,1H3,(H,23,25)/t20-/m0/s1. The van der Waals surface area contributed by atoms with Crippen LogP contribution in [0.5, 0.6) is 0 Å². The van der Waals surface area contributed by atoms with Gasteiger partial charge in [0.15, 0.2) is 0 Å². The minimum atomic E-state index is -1.22. The molecule has 3 aromatic rings. The fraction of sp³-hybridized carbons (Fsp3) is 0.0909. The number of esters is 1. The number of carbonyl (C=O) groups excluding carboxylic acids is 2. The lowest BCUT2D eigenvalue weighted by atomic mass is 10.1. The van der Waals surface area contributed by atoms with Crippen LogP contribution in [0, 0.1) is 17.0 Å². The van der Waals surface area contributed by atoms with Crippen LogP contribution in [0.4, 0.5) is 11.4 Å². The van der Waals surface area contributed by atoms with Crippen LogP contribution in [0.1, 0.15) is 27.6 Å². The first-order chi connectivity index (χ1) is 13.9. The molecule has 0 unspecified atom stereocenters. The molecule has 7 heteroatoms. The van der Waals surface area contributed by atoms with Crippen LogP contribution in [-0.4, -0.2) is 16.8 Å². The second kappa shape index (κ2) is 8.79. The van der Waals surface area contributed by atoms with Gasteiger partial charge in [0.1, 0.15) is 0 Å². The summed E-state index contributed by atoms with van der Waals surface area (Å²) in [6.07, 6.45) is -1.22. The van der Waals surface area contributed by atoms with Crippen molar-refractivity contribution in [2.24, 2.45) is 0 Å². The van der Waals surface area contributed by atoms with Crippen LogP contribution in [0.25, 0.3) is 0 Å². The predicted molar refractivity (Wildman–Crippen MR) is 108 cm³/mol. The number of anilines is 1. The van der Waals surface area contributed by atoms with Crippen molar-refractivity contribution in [1.82, 2.24) is 0 Å². The summed E-state index contributed by atoms with van der Waals surface area (Å²) in [5, 5.41) is 13.7. The van der Waals surface area contributed by atoms with Gasteiger partial charge in [0.05, 0.1) is 10.5 Å². The first-order valence-electron chi connectivity index (χ1n) is 8.82. The summed E-state index contributed by atoms with van der Waals surface area (Å²) in [4.78, 5) is 35.8. The summed E-state index contributed by atoms with van der Waals surface area (Å²) >= 11 is 0. The molecule has 29 heavy (non-hydrogen) atoms. The van der Waals surface area contributed by atoms with E-state index >= 15 is 0 Å². The first-order valence-corrected chi connectivity index (χ1v) is 8.82. The molecule has 0 aliphatic carbocycles. The van der Waals surface area contributed by atoms with Gasteiger partial charge in [-0.15, -0.1) is 0 Å².